The van der Waals surface area contributed by atoms with E-state index in [0.717, 1.165) is 41.4 Å². The molecule has 4 heterocycles. The van der Waals surface area contributed by atoms with E-state index in [1.807, 2.05) is 23.4 Å². The van der Waals surface area contributed by atoms with Gasteiger partial charge in [-0.1, -0.05) is 18.3 Å². The first kappa shape index (κ1) is 24.2. The second-order valence-electron chi connectivity index (χ2n) is 9.86. The first-order valence-electron chi connectivity index (χ1n) is 12.5. The Bertz CT molecular complexity index is 1590. The van der Waals surface area contributed by atoms with Crippen LogP contribution in [-0.2, 0) is 6.42 Å². The summed E-state index contributed by atoms with van der Waals surface area (Å²) in [7, 11) is 1.93. The Labute approximate surface area is 222 Å². The number of aryl methyl sites for hydroxylation is 2. The van der Waals surface area contributed by atoms with Crippen LogP contribution in [0.3, 0.4) is 0 Å². The lowest BCUT2D eigenvalue weighted by atomic mass is 10.1. The Kier molecular flexibility index (Phi) is 5.72. The molecular weight excluding hydrogens is 505 g/mol. The second-order valence-corrected chi connectivity index (χ2v) is 10.8. The fourth-order valence-corrected chi connectivity index (χ4v) is 6.49. The summed E-state index contributed by atoms with van der Waals surface area (Å²) in [5.41, 5.74) is 6.09. The molecule has 0 radical (unpaired) electrons. The van der Waals surface area contributed by atoms with Crippen molar-refractivity contribution in [3.05, 3.63) is 58.5 Å². The van der Waals surface area contributed by atoms with Crippen molar-refractivity contribution in [1.29, 1.82) is 5.26 Å². The molecular formula is C27H26FN7O2S. The number of hydrogen-bond donors (Lipinski definition) is 2. The normalized spacial score (nSPS) is 19.9. The van der Waals surface area contributed by atoms with Crippen molar-refractivity contribution in [2.24, 2.45) is 11.8 Å². The predicted molar refractivity (Wildman–Crippen MR) is 144 cm³/mol. The summed E-state index contributed by atoms with van der Waals surface area (Å²) in [6.07, 6.45) is -0.245. The summed E-state index contributed by atoms with van der Waals surface area (Å²) in [6.45, 7) is 5.71. The number of aromatic nitrogens is 3. The van der Waals surface area contributed by atoms with Gasteiger partial charge in [0.15, 0.2) is 5.13 Å². The smallest absolute Gasteiger partial charge is 0.404 e. The maximum atomic E-state index is 13.5. The van der Waals surface area contributed by atoms with E-state index in [4.69, 9.17) is 15.2 Å². The van der Waals surface area contributed by atoms with Crippen LogP contribution in [0.15, 0.2) is 36.4 Å². The quantitative estimate of drug-likeness (QED) is 0.367. The number of piperidine rings is 1. The molecule has 0 spiro atoms. The third kappa shape index (κ3) is 3.92. The first-order chi connectivity index (χ1) is 18.3. The molecule has 2 N–H and O–H groups in total. The van der Waals surface area contributed by atoms with Crippen molar-refractivity contribution in [2.45, 2.75) is 26.3 Å². The molecule has 0 bridgehead atoms. The van der Waals surface area contributed by atoms with E-state index < -0.39 is 6.09 Å². The average molecular weight is 532 g/mol. The number of carbonyl (C=O) groups is 1. The van der Waals surface area contributed by atoms with Gasteiger partial charge in [0.1, 0.15) is 22.5 Å². The van der Waals surface area contributed by atoms with Crippen molar-refractivity contribution < 1.29 is 14.3 Å². The molecule has 194 valence electrons. The van der Waals surface area contributed by atoms with Gasteiger partial charge in [0, 0.05) is 55.0 Å². The summed E-state index contributed by atoms with van der Waals surface area (Å²) in [6, 6.07) is 12.5. The maximum Gasteiger partial charge on any atom is 0.404 e. The molecule has 9 nitrogen and oxygen atoms in total. The van der Waals surface area contributed by atoms with Gasteiger partial charge in [-0.15, -0.1) is 0 Å². The van der Waals surface area contributed by atoms with Gasteiger partial charge in [-0.05, 0) is 49.7 Å². The molecule has 2 unspecified atom stereocenters. The van der Waals surface area contributed by atoms with Crippen LogP contribution in [-0.4, -0.2) is 52.0 Å². The minimum Gasteiger partial charge on any atom is -0.465 e. The number of thiazole rings is 1. The summed E-state index contributed by atoms with van der Waals surface area (Å²) in [4.78, 5) is 20.6. The Morgan fingerprint density at radius 3 is 2.63 bits per heavy atom. The summed E-state index contributed by atoms with van der Waals surface area (Å²) < 4.78 is 15.4. The van der Waals surface area contributed by atoms with Crippen molar-refractivity contribution in [1.82, 2.24) is 19.9 Å². The zero-order valence-electron chi connectivity index (χ0n) is 21.1. The molecule has 4 aromatic rings. The zero-order valence-corrected chi connectivity index (χ0v) is 22.0. The van der Waals surface area contributed by atoms with Gasteiger partial charge >= 0.3 is 6.09 Å². The third-order valence-electron chi connectivity index (χ3n) is 7.58. The van der Waals surface area contributed by atoms with Crippen LogP contribution in [0, 0.1) is 35.9 Å². The SMILES string of the molecule is CCc1nn2c(C)cc(N3CC4C(C3)C4NC(=O)O)cc2c1N(C)c1nc(-c2ccc(F)cc2)c(C#N)s1. The molecule has 6 rings (SSSR count). The average Bonchev–Trinajstić information content (AvgIpc) is 3.33. The van der Waals surface area contributed by atoms with Crippen molar-refractivity contribution >= 4 is 39.5 Å². The van der Waals surface area contributed by atoms with Crippen LogP contribution in [0.5, 0.6) is 0 Å². The van der Waals surface area contributed by atoms with E-state index in [1.165, 1.54) is 23.5 Å². The molecule has 2 atom stereocenters. The molecule has 11 heteroatoms. The lowest BCUT2D eigenvalue weighted by molar-refractivity contribution is 0.192. The summed E-state index contributed by atoms with van der Waals surface area (Å²) >= 11 is 1.30. The minimum absolute atomic E-state index is 0.0477. The fourth-order valence-electron chi connectivity index (χ4n) is 5.63. The number of amides is 1. The van der Waals surface area contributed by atoms with Gasteiger partial charge in [-0.3, -0.25) is 0 Å². The fraction of sp³-hybridized carbons (Fsp3) is 0.333. The number of hydrogen-bond acceptors (Lipinski definition) is 7. The van der Waals surface area contributed by atoms with Gasteiger partial charge < -0.3 is 20.2 Å². The molecule has 3 aromatic heterocycles. The third-order valence-corrected chi connectivity index (χ3v) is 8.62. The molecule has 2 aliphatic rings. The molecule has 38 heavy (non-hydrogen) atoms. The number of rotatable bonds is 6. The molecule has 1 aromatic carbocycles. The van der Waals surface area contributed by atoms with E-state index in [-0.39, 0.29) is 11.9 Å². The van der Waals surface area contributed by atoms with Crippen molar-refractivity contribution in [2.75, 3.05) is 29.9 Å². The zero-order chi connectivity index (χ0) is 26.7. The van der Waals surface area contributed by atoms with Crippen molar-refractivity contribution in [3.63, 3.8) is 0 Å². The number of carboxylic acid groups (broad SMARTS) is 1. The Hall–Kier alpha value is -4.17. The number of nitriles is 1. The Morgan fingerprint density at radius 2 is 2.00 bits per heavy atom. The molecule has 1 saturated heterocycles. The summed E-state index contributed by atoms with van der Waals surface area (Å²) in [5, 5.41) is 27.0. The number of benzene rings is 1. The highest BCUT2D eigenvalue weighted by atomic mass is 32.1. The number of nitrogens with one attached hydrogen (secondary N) is 1. The number of nitrogens with zero attached hydrogens (tertiary/aromatic N) is 6. The number of pyridine rings is 1. The highest BCUT2D eigenvalue weighted by Gasteiger charge is 2.56. The van der Waals surface area contributed by atoms with Crippen LogP contribution in [0.1, 0.15) is 23.2 Å². The van der Waals surface area contributed by atoms with Crippen molar-refractivity contribution in [3.8, 4) is 17.3 Å². The van der Waals surface area contributed by atoms with Crippen LogP contribution in [0.4, 0.5) is 25.7 Å². The van der Waals surface area contributed by atoms with E-state index in [9.17, 15) is 14.4 Å². The molecule has 2 fully saturated rings. The Morgan fingerprint density at radius 1 is 1.29 bits per heavy atom. The highest BCUT2D eigenvalue weighted by Crippen LogP contribution is 2.47. The van der Waals surface area contributed by atoms with Gasteiger partial charge in [0.05, 0.1) is 16.9 Å². The van der Waals surface area contributed by atoms with Gasteiger partial charge in [0.2, 0.25) is 0 Å². The lowest BCUT2D eigenvalue weighted by Gasteiger charge is -2.23. The minimum atomic E-state index is -0.962. The van der Waals surface area contributed by atoms with Gasteiger partial charge in [0.25, 0.3) is 0 Å². The number of anilines is 3. The van der Waals surface area contributed by atoms with E-state index in [1.54, 1.807) is 12.1 Å². The summed E-state index contributed by atoms with van der Waals surface area (Å²) in [5.74, 6) is 0.338. The van der Waals surface area contributed by atoms with E-state index in [0.29, 0.717) is 39.5 Å². The van der Waals surface area contributed by atoms with Crippen LogP contribution < -0.4 is 15.1 Å². The molecule has 1 amide bonds. The highest BCUT2D eigenvalue weighted by molar-refractivity contribution is 7.16. The largest absolute Gasteiger partial charge is 0.465 e. The van der Waals surface area contributed by atoms with Gasteiger partial charge in [-0.25, -0.2) is 18.7 Å². The monoisotopic (exact) mass is 531 g/mol. The predicted octanol–water partition coefficient (Wildman–Crippen LogP) is 4.81. The maximum absolute atomic E-state index is 13.5. The van der Waals surface area contributed by atoms with E-state index >= 15 is 0 Å². The topological polar surface area (TPSA) is 110 Å². The molecule has 1 saturated carbocycles. The molecule has 1 aliphatic carbocycles. The molecule has 1 aliphatic heterocycles. The first-order valence-corrected chi connectivity index (χ1v) is 13.3. The van der Waals surface area contributed by atoms with Gasteiger partial charge in [-0.2, -0.15) is 10.4 Å². The lowest BCUT2D eigenvalue weighted by Crippen LogP contribution is -2.33. The standard InChI is InChI=1S/C27H26FN7O2S/c1-4-20-25(33(3)26-30-23(22(11-29)38-26)15-5-7-16(28)8-6-15)21-10-17(9-14(2)35(21)32-20)34-12-18-19(13-34)24(18)31-27(36)37/h5-10,18-19,24,31H,4,12-13H2,1-3H3,(H,36,37). The van der Waals surface area contributed by atoms with Crippen LogP contribution in [0.2, 0.25) is 0 Å². The number of fused-ring (bicyclic) bond motifs is 2. The van der Waals surface area contributed by atoms with Crippen LogP contribution in [0.25, 0.3) is 16.8 Å². The second kappa shape index (κ2) is 8.99. The number of halogens is 1. The van der Waals surface area contributed by atoms with Crippen LogP contribution >= 0.6 is 11.3 Å². The van der Waals surface area contributed by atoms with E-state index in [2.05, 4.69) is 35.3 Å². The Balaban J connectivity index is 1.36.